The van der Waals surface area contributed by atoms with Crippen molar-refractivity contribution >= 4 is 14.3 Å². The van der Waals surface area contributed by atoms with Crippen LogP contribution in [-0.4, -0.2) is 25.5 Å². The summed E-state index contributed by atoms with van der Waals surface area (Å²) in [6, 6.07) is 0. The third kappa shape index (κ3) is 14.4. The van der Waals surface area contributed by atoms with Crippen molar-refractivity contribution in [3.05, 3.63) is 12.2 Å². The minimum Gasteiger partial charge on any atom is -0.481 e. The highest BCUT2D eigenvalue weighted by molar-refractivity contribution is 6.74. The minimum absolute atomic E-state index is 0.274. The van der Waals surface area contributed by atoms with Crippen molar-refractivity contribution in [2.75, 3.05) is 0 Å². The van der Waals surface area contributed by atoms with Gasteiger partial charge in [-0.25, -0.2) is 0 Å². The van der Waals surface area contributed by atoms with Crippen molar-refractivity contribution in [2.45, 2.75) is 135 Å². The van der Waals surface area contributed by atoms with Gasteiger partial charge in [0.2, 0.25) is 0 Å². The van der Waals surface area contributed by atoms with Gasteiger partial charge in [0, 0.05) is 12.5 Å². The summed E-state index contributed by atoms with van der Waals surface area (Å²) in [6.07, 6.45) is 19.3. The lowest BCUT2D eigenvalue weighted by molar-refractivity contribution is -0.137. The molecule has 0 aromatic carbocycles. The molecular formula is C24H48O3Si. The molecule has 0 bridgehead atoms. The fourth-order valence-corrected chi connectivity index (χ4v) is 4.49. The second-order valence-corrected chi connectivity index (χ2v) is 14.5. The molecule has 3 nitrogen and oxygen atoms in total. The SMILES string of the molecule is CCCCCC(CC/C=C\CCCCCCCC(=O)O)O[Si](C)(C)C(C)(C)C. The number of unbranched alkanes of at least 4 members (excludes halogenated alkanes) is 7. The van der Waals surface area contributed by atoms with Crippen LogP contribution in [0, 0.1) is 0 Å². The number of aliphatic carboxylic acids is 1. The normalized spacial score (nSPS) is 13.9. The van der Waals surface area contributed by atoms with Gasteiger partial charge >= 0.3 is 5.97 Å². The first kappa shape index (κ1) is 27.4. The molecule has 4 heteroatoms. The van der Waals surface area contributed by atoms with Gasteiger partial charge in [-0.3, -0.25) is 4.79 Å². The van der Waals surface area contributed by atoms with Crippen LogP contribution in [0.3, 0.4) is 0 Å². The average molecular weight is 413 g/mol. The van der Waals surface area contributed by atoms with Crippen LogP contribution < -0.4 is 0 Å². The molecule has 28 heavy (non-hydrogen) atoms. The van der Waals surface area contributed by atoms with Gasteiger partial charge in [0.15, 0.2) is 8.32 Å². The maximum Gasteiger partial charge on any atom is 0.303 e. The number of hydrogen-bond acceptors (Lipinski definition) is 2. The molecule has 0 aliphatic rings. The molecule has 0 heterocycles. The lowest BCUT2D eigenvalue weighted by Gasteiger charge is -2.39. The highest BCUT2D eigenvalue weighted by atomic mass is 28.4. The molecule has 0 saturated heterocycles. The first-order chi connectivity index (χ1) is 13.1. The molecule has 0 aromatic rings. The van der Waals surface area contributed by atoms with Gasteiger partial charge < -0.3 is 9.53 Å². The minimum atomic E-state index is -1.69. The van der Waals surface area contributed by atoms with Gasteiger partial charge in [-0.1, -0.05) is 78.4 Å². The molecule has 0 aromatic heterocycles. The summed E-state index contributed by atoms with van der Waals surface area (Å²) in [5.74, 6) is -0.673. The number of rotatable bonds is 17. The Hall–Kier alpha value is -0.613. The Morgan fingerprint density at radius 2 is 1.54 bits per heavy atom. The van der Waals surface area contributed by atoms with E-state index in [-0.39, 0.29) is 5.04 Å². The molecule has 166 valence electrons. The Labute approximate surface area is 176 Å². The highest BCUT2D eigenvalue weighted by Crippen LogP contribution is 2.38. The summed E-state index contributed by atoms with van der Waals surface area (Å²) < 4.78 is 6.71. The second kappa shape index (κ2) is 15.3. The molecule has 0 spiro atoms. The van der Waals surface area contributed by atoms with Crippen LogP contribution in [-0.2, 0) is 9.22 Å². The number of allylic oxidation sites excluding steroid dienone is 2. The first-order valence-electron chi connectivity index (χ1n) is 11.6. The molecule has 0 rings (SSSR count). The number of carbonyl (C=O) groups is 1. The monoisotopic (exact) mass is 412 g/mol. The predicted molar refractivity (Wildman–Crippen MR) is 125 cm³/mol. The van der Waals surface area contributed by atoms with Crippen molar-refractivity contribution in [2.24, 2.45) is 0 Å². The fraction of sp³-hybridized carbons (Fsp3) is 0.875. The van der Waals surface area contributed by atoms with E-state index >= 15 is 0 Å². The Bertz CT molecular complexity index is 424. The molecule has 1 unspecified atom stereocenters. The van der Waals surface area contributed by atoms with Crippen LogP contribution in [0.1, 0.15) is 111 Å². The first-order valence-corrected chi connectivity index (χ1v) is 14.6. The summed E-state index contributed by atoms with van der Waals surface area (Å²) in [7, 11) is -1.69. The topological polar surface area (TPSA) is 46.5 Å². The van der Waals surface area contributed by atoms with E-state index in [1.54, 1.807) is 0 Å². The van der Waals surface area contributed by atoms with Crippen LogP contribution in [0.2, 0.25) is 18.1 Å². The Balaban J connectivity index is 4.09. The van der Waals surface area contributed by atoms with Crippen LogP contribution in [0.4, 0.5) is 0 Å². The summed E-state index contributed by atoms with van der Waals surface area (Å²) in [6.45, 7) is 14.0. The van der Waals surface area contributed by atoms with E-state index in [0.717, 1.165) is 38.5 Å². The van der Waals surface area contributed by atoms with E-state index in [9.17, 15) is 4.79 Å². The predicted octanol–water partition coefficient (Wildman–Crippen LogP) is 8.11. The lowest BCUT2D eigenvalue weighted by Crippen LogP contribution is -2.43. The van der Waals surface area contributed by atoms with E-state index in [0.29, 0.717) is 12.5 Å². The molecule has 0 saturated carbocycles. The summed E-state index contributed by atoms with van der Waals surface area (Å²) in [5, 5.41) is 8.90. The summed E-state index contributed by atoms with van der Waals surface area (Å²) >= 11 is 0. The Morgan fingerprint density at radius 1 is 0.929 bits per heavy atom. The third-order valence-electron chi connectivity index (χ3n) is 5.98. The Morgan fingerprint density at radius 3 is 2.14 bits per heavy atom. The molecule has 0 radical (unpaired) electrons. The van der Waals surface area contributed by atoms with Crippen molar-refractivity contribution in [1.29, 1.82) is 0 Å². The number of hydrogen-bond donors (Lipinski definition) is 1. The van der Waals surface area contributed by atoms with Gasteiger partial charge in [0.25, 0.3) is 0 Å². The zero-order valence-corrected chi connectivity index (χ0v) is 20.7. The van der Waals surface area contributed by atoms with E-state index in [1.807, 2.05) is 0 Å². The average Bonchev–Trinajstić information content (AvgIpc) is 2.58. The molecule has 0 fully saturated rings. The van der Waals surface area contributed by atoms with Crippen molar-refractivity contribution < 1.29 is 14.3 Å². The van der Waals surface area contributed by atoms with Gasteiger partial charge in [0.05, 0.1) is 0 Å². The number of carboxylic acids is 1. The van der Waals surface area contributed by atoms with E-state index in [1.165, 1.54) is 38.5 Å². The second-order valence-electron chi connectivity index (χ2n) is 9.74. The third-order valence-corrected chi connectivity index (χ3v) is 10.5. The van der Waals surface area contributed by atoms with Crippen molar-refractivity contribution in [3.8, 4) is 0 Å². The van der Waals surface area contributed by atoms with Crippen molar-refractivity contribution in [1.82, 2.24) is 0 Å². The zero-order valence-electron chi connectivity index (χ0n) is 19.7. The zero-order chi connectivity index (χ0) is 21.5. The van der Waals surface area contributed by atoms with Crippen molar-refractivity contribution in [3.63, 3.8) is 0 Å². The van der Waals surface area contributed by atoms with Crippen LogP contribution in [0.25, 0.3) is 0 Å². The van der Waals surface area contributed by atoms with Gasteiger partial charge in [-0.05, 0) is 56.7 Å². The maximum absolute atomic E-state index is 10.5. The lowest BCUT2D eigenvalue weighted by atomic mass is 10.1. The van der Waals surface area contributed by atoms with Gasteiger partial charge in [-0.15, -0.1) is 0 Å². The largest absolute Gasteiger partial charge is 0.481 e. The quantitative estimate of drug-likeness (QED) is 0.149. The van der Waals surface area contributed by atoms with Crippen LogP contribution in [0.5, 0.6) is 0 Å². The van der Waals surface area contributed by atoms with Crippen LogP contribution >= 0.6 is 0 Å². The Kier molecular flexibility index (Phi) is 14.9. The van der Waals surface area contributed by atoms with E-state index in [2.05, 4.69) is 52.9 Å². The van der Waals surface area contributed by atoms with Gasteiger partial charge in [0.1, 0.15) is 0 Å². The molecule has 0 aliphatic carbocycles. The van der Waals surface area contributed by atoms with E-state index < -0.39 is 14.3 Å². The standard InChI is InChI=1S/C24H48O3Si/c1-7-8-16-19-22(27-28(5,6)24(2,3)4)20-17-14-12-10-9-11-13-15-18-21-23(25)26/h12,14,22H,7-11,13,15-21H2,1-6H3,(H,25,26)/b14-12-. The molecule has 0 amide bonds. The molecule has 0 aliphatic heterocycles. The molecule has 1 atom stereocenters. The summed E-state index contributed by atoms with van der Waals surface area (Å²) in [4.78, 5) is 10.5. The highest BCUT2D eigenvalue weighted by Gasteiger charge is 2.38. The maximum atomic E-state index is 10.5. The molecule has 1 N–H and O–H groups in total. The number of carboxylic acid groups (broad SMARTS) is 1. The smallest absolute Gasteiger partial charge is 0.303 e. The summed E-state index contributed by atoms with van der Waals surface area (Å²) in [5.41, 5.74) is 0. The fourth-order valence-electron chi connectivity index (χ4n) is 3.06. The van der Waals surface area contributed by atoms with Crippen LogP contribution in [0.15, 0.2) is 12.2 Å². The molecular weight excluding hydrogens is 364 g/mol. The van der Waals surface area contributed by atoms with E-state index in [4.69, 9.17) is 9.53 Å². The van der Waals surface area contributed by atoms with Gasteiger partial charge in [-0.2, -0.15) is 0 Å².